The summed E-state index contributed by atoms with van der Waals surface area (Å²) < 4.78 is 4.99. The molecule has 1 atom stereocenters. The molecule has 1 fully saturated rings. The van der Waals surface area contributed by atoms with E-state index in [9.17, 15) is 0 Å². The molecule has 0 aliphatic carbocycles. The van der Waals surface area contributed by atoms with E-state index in [1.54, 1.807) is 7.11 Å². The Morgan fingerprint density at radius 3 is 3.11 bits per heavy atom. The van der Waals surface area contributed by atoms with E-state index in [1.807, 2.05) is 0 Å². The summed E-state index contributed by atoms with van der Waals surface area (Å²) >= 11 is 0. The number of hydrogen-bond donors (Lipinski definition) is 2. The third kappa shape index (κ3) is 2.30. The van der Waals surface area contributed by atoms with Gasteiger partial charge in [-0.1, -0.05) is 0 Å². The first-order valence-corrected chi connectivity index (χ1v) is 3.36. The highest BCUT2D eigenvalue weighted by molar-refractivity contribution is 4.70. The van der Waals surface area contributed by atoms with Crippen LogP contribution in [0.3, 0.4) is 0 Å². The highest BCUT2D eigenvalue weighted by atomic mass is 16.5. The Balaban J connectivity index is 2.08. The van der Waals surface area contributed by atoms with Crippen molar-refractivity contribution in [1.29, 1.82) is 0 Å². The second-order valence-electron chi connectivity index (χ2n) is 2.32. The van der Waals surface area contributed by atoms with Crippen LogP contribution in [0.1, 0.15) is 6.42 Å². The smallest absolute Gasteiger partial charge is 0.0616 e. The van der Waals surface area contributed by atoms with Crippen LogP contribution in [0.25, 0.3) is 0 Å². The highest BCUT2D eigenvalue weighted by Crippen LogP contribution is 1.93. The van der Waals surface area contributed by atoms with Crippen LogP contribution in [0, 0.1) is 0 Å². The molecule has 1 aliphatic rings. The molecule has 1 heterocycles. The zero-order chi connectivity index (χ0) is 6.53. The van der Waals surface area contributed by atoms with Crippen molar-refractivity contribution >= 4 is 0 Å². The lowest BCUT2D eigenvalue weighted by atomic mass is 10.2. The van der Waals surface area contributed by atoms with Gasteiger partial charge in [0.25, 0.3) is 0 Å². The van der Waals surface area contributed by atoms with Crippen LogP contribution in [0.5, 0.6) is 0 Å². The quantitative estimate of drug-likeness (QED) is 0.531. The first-order chi connectivity index (χ1) is 4.43. The van der Waals surface area contributed by atoms with E-state index >= 15 is 0 Å². The molecule has 3 heteroatoms. The summed E-state index contributed by atoms with van der Waals surface area (Å²) in [4.78, 5) is 0. The lowest BCUT2D eigenvalue weighted by Gasteiger charge is -2.23. The van der Waals surface area contributed by atoms with E-state index in [0.717, 1.165) is 19.8 Å². The van der Waals surface area contributed by atoms with Gasteiger partial charge in [0.1, 0.15) is 0 Å². The largest absolute Gasteiger partial charge is 0.383 e. The van der Waals surface area contributed by atoms with Gasteiger partial charge in [-0.15, -0.1) is 0 Å². The van der Waals surface area contributed by atoms with Crippen LogP contribution in [0.15, 0.2) is 0 Å². The Labute approximate surface area is 55.8 Å². The molecule has 0 aromatic carbocycles. The summed E-state index contributed by atoms with van der Waals surface area (Å²) in [5.74, 6) is 0. The zero-order valence-corrected chi connectivity index (χ0v) is 5.81. The Morgan fingerprint density at radius 1 is 1.67 bits per heavy atom. The molecule has 2 N–H and O–H groups in total. The monoisotopic (exact) mass is 130 g/mol. The Kier molecular flexibility index (Phi) is 2.97. The number of methoxy groups -OCH3 is 1. The molecule has 1 saturated heterocycles. The second-order valence-corrected chi connectivity index (χ2v) is 2.32. The predicted molar refractivity (Wildman–Crippen MR) is 36.3 cm³/mol. The van der Waals surface area contributed by atoms with E-state index in [2.05, 4.69) is 10.6 Å². The molecule has 1 rings (SSSR count). The highest BCUT2D eigenvalue weighted by Gasteiger charge is 2.09. The van der Waals surface area contributed by atoms with E-state index in [1.165, 1.54) is 6.42 Å². The summed E-state index contributed by atoms with van der Waals surface area (Å²) in [5, 5.41) is 6.49. The fourth-order valence-corrected chi connectivity index (χ4v) is 1.03. The molecule has 0 bridgehead atoms. The maximum Gasteiger partial charge on any atom is 0.0616 e. The summed E-state index contributed by atoms with van der Waals surface area (Å²) in [5.41, 5.74) is 0. The van der Waals surface area contributed by atoms with Crippen LogP contribution in [0.4, 0.5) is 0 Å². The topological polar surface area (TPSA) is 33.3 Å². The summed E-state index contributed by atoms with van der Waals surface area (Å²) in [7, 11) is 1.74. The normalized spacial score (nSPS) is 28.3. The van der Waals surface area contributed by atoms with Gasteiger partial charge in [-0.25, -0.2) is 0 Å². The SMILES string of the molecule is COCC1CCNCN1. The second kappa shape index (κ2) is 3.82. The number of hydrogen-bond acceptors (Lipinski definition) is 3. The van der Waals surface area contributed by atoms with Gasteiger partial charge >= 0.3 is 0 Å². The zero-order valence-electron chi connectivity index (χ0n) is 5.81. The molecule has 0 radical (unpaired) electrons. The maximum atomic E-state index is 4.99. The minimum atomic E-state index is 0.566. The van der Waals surface area contributed by atoms with Gasteiger partial charge in [0.05, 0.1) is 6.61 Å². The third-order valence-electron chi connectivity index (χ3n) is 1.55. The maximum absolute atomic E-state index is 4.99. The summed E-state index contributed by atoms with van der Waals surface area (Å²) in [6.07, 6.45) is 1.17. The van der Waals surface area contributed by atoms with Gasteiger partial charge in [-0.2, -0.15) is 0 Å². The minimum absolute atomic E-state index is 0.566. The number of nitrogens with one attached hydrogen (secondary N) is 2. The molecule has 54 valence electrons. The molecule has 0 aromatic rings. The van der Waals surface area contributed by atoms with Gasteiger partial charge in [-0.3, -0.25) is 5.32 Å². The first-order valence-electron chi connectivity index (χ1n) is 3.36. The van der Waals surface area contributed by atoms with E-state index < -0.39 is 0 Å². The van der Waals surface area contributed by atoms with Gasteiger partial charge in [0.2, 0.25) is 0 Å². The van der Waals surface area contributed by atoms with Crippen molar-refractivity contribution in [3.63, 3.8) is 0 Å². The Bertz CT molecular complexity index is 68.7. The Hall–Kier alpha value is -0.120. The van der Waals surface area contributed by atoms with Gasteiger partial charge < -0.3 is 10.1 Å². The van der Waals surface area contributed by atoms with Crippen LogP contribution in [0.2, 0.25) is 0 Å². The van der Waals surface area contributed by atoms with E-state index in [4.69, 9.17) is 4.74 Å². The molecule has 9 heavy (non-hydrogen) atoms. The third-order valence-corrected chi connectivity index (χ3v) is 1.55. The first kappa shape index (κ1) is 6.99. The number of rotatable bonds is 2. The lowest BCUT2D eigenvalue weighted by molar-refractivity contribution is 0.153. The van der Waals surface area contributed by atoms with Crippen molar-refractivity contribution < 1.29 is 4.74 Å². The summed E-state index contributed by atoms with van der Waals surface area (Å²) in [6.45, 7) is 2.87. The van der Waals surface area contributed by atoms with E-state index in [0.29, 0.717) is 6.04 Å². The van der Waals surface area contributed by atoms with Crippen molar-refractivity contribution in [3.8, 4) is 0 Å². The lowest BCUT2D eigenvalue weighted by Crippen LogP contribution is -2.46. The molecular formula is C6H14N2O. The minimum Gasteiger partial charge on any atom is -0.383 e. The standard InChI is InChI=1S/C6H14N2O/c1-9-4-6-2-3-7-5-8-6/h6-8H,2-5H2,1H3. The summed E-state index contributed by atoms with van der Waals surface area (Å²) in [6, 6.07) is 0.566. The van der Waals surface area contributed by atoms with Crippen molar-refractivity contribution in [2.45, 2.75) is 12.5 Å². The molecule has 0 saturated carbocycles. The average molecular weight is 130 g/mol. The van der Waals surface area contributed by atoms with Crippen LogP contribution in [-0.4, -0.2) is 33.0 Å². The van der Waals surface area contributed by atoms with Gasteiger partial charge in [-0.05, 0) is 13.0 Å². The fourth-order valence-electron chi connectivity index (χ4n) is 1.03. The molecule has 3 nitrogen and oxygen atoms in total. The van der Waals surface area contributed by atoms with E-state index in [-0.39, 0.29) is 0 Å². The molecule has 0 amide bonds. The predicted octanol–water partition coefficient (Wildman–Crippen LogP) is -0.458. The Morgan fingerprint density at radius 2 is 2.56 bits per heavy atom. The van der Waals surface area contributed by atoms with Crippen molar-refractivity contribution in [3.05, 3.63) is 0 Å². The number of ether oxygens (including phenoxy) is 1. The molecule has 0 spiro atoms. The van der Waals surface area contributed by atoms with Crippen LogP contribution >= 0.6 is 0 Å². The molecular weight excluding hydrogens is 116 g/mol. The van der Waals surface area contributed by atoms with Crippen LogP contribution in [-0.2, 0) is 4.74 Å². The van der Waals surface area contributed by atoms with Crippen molar-refractivity contribution in [2.75, 3.05) is 26.9 Å². The fraction of sp³-hybridized carbons (Fsp3) is 1.00. The van der Waals surface area contributed by atoms with Crippen molar-refractivity contribution in [1.82, 2.24) is 10.6 Å². The molecule has 1 unspecified atom stereocenters. The average Bonchev–Trinajstić information content (AvgIpc) is 1.91. The van der Waals surface area contributed by atoms with Crippen molar-refractivity contribution in [2.24, 2.45) is 0 Å². The van der Waals surface area contributed by atoms with Gasteiger partial charge in [0, 0.05) is 19.8 Å². The van der Waals surface area contributed by atoms with Gasteiger partial charge in [0.15, 0.2) is 0 Å². The van der Waals surface area contributed by atoms with Crippen LogP contribution < -0.4 is 10.6 Å². The molecule has 1 aliphatic heterocycles. The molecule has 0 aromatic heterocycles.